The fourth-order valence-corrected chi connectivity index (χ4v) is 4.88. The smallest absolute Gasteiger partial charge is 0.326 e. The van der Waals surface area contributed by atoms with E-state index in [-0.39, 0.29) is 18.3 Å². The topological polar surface area (TPSA) is 120 Å². The van der Waals surface area contributed by atoms with Crippen LogP contribution in [-0.2, 0) is 9.59 Å². The summed E-state index contributed by atoms with van der Waals surface area (Å²) >= 11 is 0. The van der Waals surface area contributed by atoms with Crippen LogP contribution in [0.5, 0.6) is 5.75 Å². The lowest BCUT2D eigenvalue weighted by atomic mass is 9.88. The Labute approximate surface area is 230 Å². The number of nitrogens with two attached hydrogens (primary N) is 1. The summed E-state index contributed by atoms with van der Waals surface area (Å²) in [4.78, 5) is 30.5. The van der Waals surface area contributed by atoms with Crippen LogP contribution in [0.4, 0.5) is 0 Å². The highest BCUT2D eigenvalue weighted by atomic mass is 16.5. The van der Waals surface area contributed by atoms with Gasteiger partial charge in [-0.1, -0.05) is 72.8 Å². The average molecular weight is 531 g/mol. The molecule has 8 heteroatoms. The molecule has 0 aliphatic rings. The molecular formula is C31H38N4O4. The second-order valence-corrected chi connectivity index (χ2v) is 9.41. The Bertz CT molecular complexity index is 1180. The molecule has 0 radical (unpaired) electrons. The first kappa shape index (κ1) is 29.2. The van der Waals surface area contributed by atoms with Crippen LogP contribution in [0.3, 0.4) is 0 Å². The molecule has 3 rings (SSSR count). The van der Waals surface area contributed by atoms with E-state index in [1.807, 2.05) is 98.8 Å². The van der Waals surface area contributed by atoms with E-state index in [1.165, 1.54) is 4.90 Å². The number of aliphatic carboxylic acids is 1. The number of nitrogens with zero attached hydrogens (tertiary/aromatic N) is 2. The third-order valence-corrected chi connectivity index (χ3v) is 7.03. The number of methoxy groups -OCH3 is 1. The monoisotopic (exact) mass is 530 g/mol. The highest BCUT2D eigenvalue weighted by molar-refractivity contribution is 5.91. The van der Waals surface area contributed by atoms with E-state index in [0.29, 0.717) is 25.3 Å². The average Bonchev–Trinajstić information content (AvgIpc) is 2.95. The van der Waals surface area contributed by atoms with Crippen LogP contribution in [0, 0.1) is 5.41 Å². The van der Waals surface area contributed by atoms with Crippen molar-refractivity contribution in [1.82, 2.24) is 9.80 Å². The van der Waals surface area contributed by atoms with Crippen molar-refractivity contribution in [3.63, 3.8) is 0 Å². The molecule has 0 aliphatic heterocycles. The van der Waals surface area contributed by atoms with E-state index in [2.05, 4.69) is 0 Å². The first-order valence-corrected chi connectivity index (χ1v) is 13.2. The molecule has 3 aromatic rings. The van der Waals surface area contributed by atoms with E-state index < -0.39 is 24.0 Å². The van der Waals surface area contributed by atoms with Gasteiger partial charge in [0.1, 0.15) is 11.8 Å². The van der Waals surface area contributed by atoms with E-state index in [9.17, 15) is 14.7 Å². The van der Waals surface area contributed by atoms with Crippen molar-refractivity contribution in [2.75, 3.05) is 20.2 Å². The van der Waals surface area contributed by atoms with E-state index in [1.54, 1.807) is 12.0 Å². The molecule has 0 bridgehead atoms. The van der Waals surface area contributed by atoms with Gasteiger partial charge in [0.15, 0.2) is 5.96 Å². The van der Waals surface area contributed by atoms with Gasteiger partial charge in [-0.05, 0) is 55.5 Å². The zero-order chi connectivity index (χ0) is 28.4. The van der Waals surface area contributed by atoms with Crippen LogP contribution in [-0.4, -0.2) is 59.0 Å². The number of carbonyl (C=O) groups excluding carboxylic acids is 1. The number of guanidine groups is 1. The molecule has 4 N–H and O–H groups in total. The van der Waals surface area contributed by atoms with Crippen molar-refractivity contribution in [3.8, 4) is 5.75 Å². The highest BCUT2D eigenvalue weighted by Crippen LogP contribution is 2.34. The van der Waals surface area contributed by atoms with Crippen LogP contribution >= 0.6 is 0 Å². The van der Waals surface area contributed by atoms with Gasteiger partial charge >= 0.3 is 5.97 Å². The molecule has 8 nitrogen and oxygen atoms in total. The van der Waals surface area contributed by atoms with Gasteiger partial charge in [-0.2, -0.15) is 0 Å². The van der Waals surface area contributed by atoms with Gasteiger partial charge in [0, 0.05) is 13.1 Å². The first-order valence-electron chi connectivity index (χ1n) is 13.2. The largest absolute Gasteiger partial charge is 0.497 e. The molecule has 0 heterocycles. The Morgan fingerprint density at radius 1 is 0.923 bits per heavy atom. The van der Waals surface area contributed by atoms with Gasteiger partial charge in [-0.25, -0.2) is 4.79 Å². The molecule has 0 spiro atoms. The Kier molecular flexibility index (Phi) is 10.5. The summed E-state index contributed by atoms with van der Waals surface area (Å²) in [5.41, 5.74) is 8.05. The summed E-state index contributed by atoms with van der Waals surface area (Å²) in [5, 5.41) is 18.2. The second-order valence-electron chi connectivity index (χ2n) is 9.41. The molecule has 0 saturated carbocycles. The van der Waals surface area contributed by atoms with Gasteiger partial charge in [-0.3, -0.25) is 10.2 Å². The van der Waals surface area contributed by atoms with Crippen LogP contribution in [0.15, 0.2) is 84.9 Å². The molecule has 1 amide bonds. The predicted molar refractivity (Wildman–Crippen MR) is 153 cm³/mol. The van der Waals surface area contributed by atoms with Crippen LogP contribution in [0.1, 0.15) is 55.3 Å². The molecule has 0 aromatic heterocycles. The minimum atomic E-state index is -1.09. The lowest BCUT2D eigenvalue weighted by molar-refractivity contribution is -0.153. The maximum absolute atomic E-state index is 14.6. The molecule has 3 aromatic carbocycles. The normalized spacial score (nSPS) is 12.4. The Hall–Kier alpha value is -4.33. The van der Waals surface area contributed by atoms with Crippen molar-refractivity contribution in [1.29, 1.82) is 5.41 Å². The Balaban J connectivity index is 2.06. The number of hydrogen-bond donors (Lipinski definition) is 3. The summed E-state index contributed by atoms with van der Waals surface area (Å²) < 4.78 is 5.30. The summed E-state index contributed by atoms with van der Waals surface area (Å²) in [7, 11) is 1.58. The van der Waals surface area contributed by atoms with Gasteiger partial charge in [0.25, 0.3) is 0 Å². The SMILES string of the molecule is CCN(CCC[C@H](C(=O)O)N(C(=O)C(c1ccccc1)c1ccccc1)[C@H](C)c1ccc(OC)cc1)C(=N)N. The van der Waals surface area contributed by atoms with Gasteiger partial charge in [0.05, 0.1) is 19.1 Å². The lowest BCUT2D eigenvalue weighted by Crippen LogP contribution is -2.49. The summed E-state index contributed by atoms with van der Waals surface area (Å²) in [6, 6.07) is 24.6. The fraction of sp³-hybridized carbons (Fsp3) is 0.323. The van der Waals surface area contributed by atoms with Crippen molar-refractivity contribution in [3.05, 3.63) is 102 Å². The highest BCUT2D eigenvalue weighted by Gasteiger charge is 2.38. The maximum atomic E-state index is 14.6. The summed E-state index contributed by atoms with van der Waals surface area (Å²) in [6.07, 6.45) is 0.659. The number of carbonyl (C=O) groups is 2. The van der Waals surface area contributed by atoms with Crippen molar-refractivity contribution < 1.29 is 19.4 Å². The molecule has 0 aliphatic carbocycles. The van der Waals surface area contributed by atoms with E-state index >= 15 is 0 Å². The zero-order valence-corrected chi connectivity index (χ0v) is 22.8. The molecule has 39 heavy (non-hydrogen) atoms. The molecule has 206 valence electrons. The molecule has 0 saturated heterocycles. The van der Waals surface area contributed by atoms with Crippen molar-refractivity contribution in [2.45, 2.75) is 44.7 Å². The number of benzene rings is 3. The number of hydrogen-bond acceptors (Lipinski definition) is 4. The van der Waals surface area contributed by atoms with Crippen LogP contribution in [0.2, 0.25) is 0 Å². The Morgan fingerprint density at radius 2 is 1.46 bits per heavy atom. The van der Waals surface area contributed by atoms with Crippen LogP contribution < -0.4 is 10.5 Å². The third-order valence-electron chi connectivity index (χ3n) is 7.03. The quantitative estimate of drug-likeness (QED) is 0.214. The number of nitrogens with one attached hydrogen (secondary N) is 1. The van der Waals surface area contributed by atoms with Crippen molar-refractivity contribution in [2.24, 2.45) is 5.73 Å². The first-order chi connectivity index (χ1) is 18.8. The van der Waals surface area contributed by atoms with E-state index in [0.717, 1.165) is 16.7 Å². The molecule has 0 fully saturated rings. The summed E-state index contributed by atoms with van der Waals surface area (Å²) in [6.45, 7) is 4.72. The van der Waals surface area contributed by atoms with Gasteiger partial charge < -0.3 is 25.4 Å². The predicted octanol–water partition coefficient (Wildman–Crippen LogP) is 4.87. The maximum Gasteiger partial charge on any atom is 0.326 e. The third kappa shape index (κ3) is 7.37. The minimum absolute atomic E-state index is 0.0582. The van der Waals surface area contributed by atoms with Gasteiger partial charge in [0.2, 0.25) is 5.91 Å². The second kappa shape index (κ2) is 14.0. The Morgan fingerprint density at radius 3 is 1.90 bits per heavy atom. The molecular weight excluding hydrogens is 492 g/mol. The van der Waals surface area contributed by atoms with Crippen LogP contribution in [0.25, 0.3) is 0 Å². The zero-order valence-electron chi connectivity index (χ0n) is 22.8. The minimum Gasteiger partial charge on any atom is -0.497 e. The number of rotatable bonds is 13. The van der Waals surface area contributed by atoms with Crippen molar-refractivity contribution >= 4 is 17.8 Å². The summed E-state index contributed by atoms with van der Waals surface area (Å²) in [5.74, 6) is -1.43. The lowest BCUT2D eigenvalue weighted by Gasteiger charge is -2.37. The molecule has 0 unspecified atom stereocenters. The standard InChI is InChI=1S/C31H38N4O4/c1-4-34(31(32)33)21-11-16-27(30(37)38)35(22(2)23-17-19-26(39-3)20-18-23)29(36)28(24-12-7-5-8-13-24)25-14-9-6-10-15-25/h5-10,12-15,17-20,22,27-28H,4,11,16,21H2,1-3H3,(H3,32,33)(H,37,38)/t22-,27-/m1/s1. The van der Waals surface area contributed by atoms with Gasteiger partial charge in [-0.15, -0.1) is 0 Å². The number of ether oxygens (including phenoxy) is 1. The number of amides is 1. The van der Waals surface area contributed by atoms with E-state index in [4.69, 9.17) is 15.9 Å². The fourth-order valence-electron chi connectivity index (χ4n) is 4.88. The number of carboxylic acid groups (broad SMARTS) is 1. The number of carboxylic acids is 1. The molecule has 2 atom stereocenters.